The van der Waals surface area contributed by atoms with Crippen molar-refractivity contribution in [3.8, 4) is 5.75 Å². The third-order valence-electron chi connectivity index (χ3n) is 3.61. The van der Waals surface area contributed by atoms with Gasteiger partial charge in [-0.15, -0.1) is 0 Å². The molecule has 9 heteroatoms. The van der Waals surface area contributed by atoms with E-state index in [9.17, 15) is 9.59 Å². The highest BCUT2D eigenvalue weighted by Gasteiger charge is 2.09. The van der Waals surface area contributed by atoms with E-state index in [1.165, 1.54) is 0 Å². The predicted molar refractivity (Wildman–Crippen MR) is 116 cm³/mol. The van der Waals surface area contributed by atoms with Crippen molar-refractivity contribution in [2.45, 2.75) is 19.8 Å². The van der Waals surface area contributed by atoms with Gasteiger partial charge in [-0.3, -0.25) is 20.4 Å². The summed E-state index contributed by atoms with van der Waals surface area (Å²) < 4.78 is 6.24. The molecular weight excluding hydrogens is 466 g/mol. The van der Waals surface area contributed by atoms with Gasteiger partial charge in [0.1, 0.15) is 5.75 Å². The Balaban J connectivity index is 1.70. The molecular formula is C19H19BrClN3O3S. The zero-order valence-electron chi connectivity index (χ0n) is 15.1. The number of nitrogens with one attached hydrogen (secondary N) is 3. The van der Waals surface area contributed by atoms with Crippen molar-refractivity contribution in [2.24, 2.45) is 0 Å². The van der Waals surface area contributed by atoms with E-state index in [-0.39, 0.29) is 24.0 Å². The number of carbonyl (C=O) groups excluding carboxylic acids is 2. The van der Waals surface area contributed by atoms with Crippen molar-refractivity contribution in [1.82, 2.24) is 16.2 Å². The summed E-state index contributed by atoms with van der Waals surface area (Å²) in [5.74, 6) is -0.197. The van der Waals surface area contributed by atoms with Crippen molar-refractivity contribution < 1.29 is 14.3 Å². The van der Waals surface area contributed by atoms with Gasteiger partial charge < -0.3 is 10.1 Å². The average Bonchev–Trinajstić information content (AvgIpc) is 2.67. The highest BCUT2D eigenvalue weighted by molar-refractivity contribution is 9.10. The number of ether oxygens (including phenoxy) is 1. The van der Waals surface area contributed by atoms with Gasteiger partial charge in [-0.2, -0.15) is 0 Å². The van der Waals surface area contributed by atoms with Crippen LogP contribution in [0.3, 0.4) is 0 Å². The summed E-state index contributed by atoms with van der Waals surface area (Å²) in [6.45, 7) is 1.84. The number of rotatable bonds is 6. The van der Waals surface area contributed by atoms with E-state index in [0.29, 0.717) is 10.8 Å². The molecule has 0 saturated heterocycles. The number of halogens is 2. The molecule has 0 spiro atoms. The minimum absolute atomic E-state index is 0.0132. The lowest BCUT2D eigenvalue weighted by Gasteiger charge is -2.12. The van der Waals surface area contributed by atoms with Crippen molar-refractivity contribution in [3.05, 3.63) is 63.1 Å². The molecule has 0 atom stereocenters. The Kier molecular flexibility index (Phi) is 8.69. The van der Waals surface area contributed by atoms with E-state index in [1.54, 1.807) is 30.3 Å². The summed E-state index contributed by atoms with van der Waals surface area (Å²) in [6, 6.07) is 12.6. The van der Waals surface area contributed by atoms with Crippen LogP contribution in [0, 0.1) is 0 Å². The summed E-state index contributed by atoms with van der Waals surface area (Å²) >= 11 is 14.2. The monoisotopic (exact) mass is 483 g/mol. The first-order chi connectivity index (χ1) is 13.4. The van der Waals surface area contributed by atoms with E-state index >= 15 is 0 Å². The molecule has 2 amide bonds. The van der Waals surface area contributed by atoms with Gasteiger partial charge in [-0.25, -0.2) is 0 Å². The van der Waals surface area contributed by atoms with Gasteiger partial charge in [-0.05, 0) is 70.0 Å². The lowest BCUT2D eigenvalue weighted by atomic mass is 10.1. The number of benzene rings is 2. The second-order valence-corrected chi connectivity index (χ2v) is 7.46. The zero-order chi connectivity index (χ0) is 20.5. The summed E-state index contributed by atoms with van der Waals surface area (Å²) in [4.78, 5) is 23.8. The van der Waals surface area contributed by atoms with Gasteiger partial charge in [-0.1, -0.05) is 36.7 Å². The summed E-state index contributed by atoms with van der Waals surface area (Å²) in [5, 5.41) is 3.06. The molecule has 28 heavy (non-hydrogen) atoms. The zero-order valence-corrected chi connectivity index (χ0v) is 18.2. The fourth-order valence-electron chi connectivity index (χ4n) is 2.18. The Morgan fingerprint density at radius 2 is 1.75 bits per heavy atom. The van der Waals surface area contributed by atoms with Gasteiger partial charge in [0.25, 0.3) is 5.91 Å². The first-order valence-corrected chi connectivity index (χ1v) is 9.99. The number of aryl methyl sites for hydroxylation is 1. The number of hydrogen-bond acceptors (Lipinski definition) is 4. The molecule has 0 heterocycles. The minimum Gasteiger partial charge on any atom is -0.483 e. The van der Waals surface area contributed by atoms with Gasteiger partial charge in [0.05, 0.1) is 10.9 Å². The first-order valence-electron chi connectivity index (χ1n) is 8.41. The minimum atomic E-state index is -0.444. The topological polar surface area (TPSA) is 79.5 Å². The normalized spacial score (nSPS) is 10.1. The SMILES string of the molecule is CCc1ccc(OCC(=O)NNC(=S)NC(=O)Cc2ccc(Cl)cc2)c(Br)c1. The Hall–Kier alpha value is -2.16. The van der Waals surface area contributed by atoms with Crippen molar-refractivity contribution in [1.29, 1.82) is 0 Å². The molecule has 0 aliphatic heterocycles. The summed E-state index contributed by atoms with van der Waals surface area (Å²) in [7, 11) is 0. The number of hydrazine groups is 1. The Morgan fingerprint density at radius 1 is 1.07 bits per heavy atom. The summed E-state index contributed by atoms with van der Waals surface area (Å²) in [6.07, 6.45) is 1.04. The maximum atomic E-state index is 11.9. The van der Waals surface area contributed by atoms with Crippen LogP contribution in [-0.4, -0.2) is 23.5 Å². The maximum Gasteiger partial charge on any atom is 0.276 e. The van der Waals surface area contributed by atoms with Gasteiger partial charge in [0.2, 0.25) is 5.91 Å². The van der Waals surface area contributed by atoms with Gasteiger partial charge in [0, 0.05) is 5.02 Å². The Labute approximate surface area is 182 Å². The Morgan fingerprint density at radius 3 is 2.39 bits per heavy atom. The predicted octanol–water partition coefficient (Wildman–Crippen LogP) is 3.31. The lowest BCUT2D eigenvalue weighted by molar-refractivity contribution is -0.124. The van der Waals surface area contributed by atoms with Crippen LogP contribution in [0.15, 0.2) is 46.9 Å². The van der Waals surface area contributed by atoms with Crippen LogP contribution >= 0.6 is 39.7 Å². The third kappa shape index (κ3) is 7.46. The van der Waals surface area contributed by atoms with E-state index in [0.717, 1.165) is 22.0 Å². The molecule has 0 unspecified atom stereocenters. The van der Waals surface area contributed by atoms with Crippen LogP contribution in [-0.2, 0) is 22.4 Å². The van der Waals surface area contributed by atoms with Crippen LogP contribution in [0.2, 0.25) is 5.02 Å². The second-order valence-electron chi connectivity index (χ2n) is 5.76. The number of carbonyl (C=O) groups is 2. The third-order valence-corrected chi connectivity index (χ3v) is 4.69. The molecule has 6 nitrogen and oxygen atoms in total. The standard InChI is InChI=1S/C19H19BrClN3O3S/c1-2-12-5-8-16(15(20)9-12)27-11-18(26)23-24-19(28)22-17(25)10-13-3-6-14(21)7-4-13/h3-9H,2,10-11H2,1H3,(H,23,26)(H2,22,24,25,28). The Bertz CT molecular complexity index is 862. The van der Waals surface area contributed by atoms with E-state index in [4.69, 9.17) is 28.6 Å². The maximum absolute atomic E-state index is 11.9. The molecule has 3 N–H and O–H groups in total. The van der Waals surface area contributed by atoms with Crippen LogP contribution in [0.4, 0.5) is 0 Å². The average molecular weight is 485 g/mol. The van der Waals surface area contributed by atoms with Crippen LogP contribution in [0.1, 0.15) is 18.1 Å². The molecule has 0 radical (unpaired) electrons. The highest BCUT2D eigenvalue weighted by Crippen LogP contribution is 2.26. The van der Waals surface area contributed by atoms with Crippen molar-refractivity contribution in [3.63, 3.8) is 0 Å². The molecule has 0 bridgehead atoms. The molecule has 2 rings (SSSR count). The molecule has 0 saturated carbocycles. The smallest absolute Gasteiger partial charge is 0.276 e. The second kappa shape index (κ2) is 11.0. The number of amides is 2. The van der Waals surface area contributed by atoms with Crippen molar-refractivity contribution >= 4 is 56.7 Å². The van der Waals surface area contributed by atoms with Crippen LogP contribution in [0.25, 0.3) is 0 Å². The van der Waals surface area contributed by atoms with Gasteiger partial charge in [0.15, 0.2) is 11.7 Å². The molecule has 148 valence electrons. The van der Waals surface area contributed by atoms with E-state index < -0.39 is 5.91 Å². The quantitative estimate of drug-likeness (QED) is 0.433. The van der Waals surface area contributed by atoms with E-state index in [1.807, 2.05) is 12.1 Å². The molecule has 0 aromatic heterocycles. The number of hydrogen-bond donors (Lipinski definition) is 3. The highest BCUT2D eigenvalue weighted by atomic mass is 79.9. The molecule has 0 fully saturated rings. The van der Waals surface area contributed by atoms with Crippen molar-refractivity contribution in [2.75, 3.05) is 6.61 Å². The molecule has 0 aliphatic rings. The van der Waals surface area contributed by atoms with Crippen LogP contribution in [0.5, 0.6) is 5.75 Å². The molecule has 0 aliphatic carbocycles. The largest absolute Gasteiger partial charge is 0.483 e. The van der Waals surface area contributed by atoms with Crippen LogP contribution < -0.4 is 20.9 Å². The first kappa shape index (κ1) is 22.1. The fourth-order valence-corrected chi connectivity index (χ4v) is 3.01. The fraction of sp³-hybridized carbons (Fsp3) is 0.211. The lowest BCUT2D eigenvalue weighted by Crippen LogP contribution is -2.49. The molecule has 2 aromatic carbocycles. The number of thiocarbonyl (C=S) groups is 1. The van der Waals surface area contributed by atoms with Gasteiger partial charge >= 0.3 is 0 Å². The van der Waals surface area contributed by atoms with E-state index in [2.05, 4.69) is 39.0 Å². The molecule has 2 aromatic rings. The summed E-state index contributed by atoms with van der Waals surface area (Å²) in [5.41, 5.74) is 6.78.